The van der Waals surface area contributed by atoms with Crippen molar-refractivity contribution < 1.29 is 28.9 Å². The maximum Gasteiger partial charge on any atom is 0.508 e. The van der Waals surface area contributed by atoms with Gasteiger partial charge in [0.2, 0.25) is 0 Å². The van der Waals surface area contributed by atoms with Crippen molar-refractivity contribution in [1.82, 2.24) is 4.90 Å². The topological polar surface area (TPSA) is 85.3 Å². The number of carbonyl (C=O) groups is 2. The van der Waals surface area contributed by atoms with Crippen molar-refractivity contribution in [1.29, 1.82) is 0 Å². The molecule has 0 radical (unpaired) electrons. The fourth-order valence-corrected chi connectivity index (χ4v) is 6.34. The summed E-state index contributed by atoms with van der Waals surface area (Å²) >= 11 is 0. The summed E-state index contributed by atoms with van der Waals surface area (Å²) < 4.78 is 16.4. The van der Waals surface area contributed by atoms with E-state index in [9.17, 15) is 14.7 Å². The Balaban J connectivity index is 3.98. The van der Waals surface area contributed by atoms with Gasteiger partial charge in [0, 0.05) is 13.0 Å². The zero-order valence-electron chi connectivity index (χ0n) is 33.4. The number of aliphatic hydroxyl groups excluding tert-OH is 1. The molecule has 7 heteroatoms. The van der Waals surface area contributed by atoms with E-state index in [2.05, 4.69) is 37.8 Å². The largest absolute Gasteiger partial charge is 0.508 e. The lowest BCUT2D eigenvalue weighted by Gasteiger charge is -2.21. The van der Waals surface area contributed by atoms with Gasteiger partial charge in [-0.1, -0.05) is 129 Å². The smallest absolute Gasteiger partial charge is 0.462 e. The molecule has 0 saturated heterocycles. The van der Waals surface area contributed by atoms with E-state index >= 15 is 0 Å². The Labute approximate surface area is 310 Å². The summed E-state index contributed by atoms with van der Waals surface area (Å²) in [5.74, 6) is -0.000147. The standard InChI is InChI=1S/C43H83NO6/c1-4-7-10-13-16-17-23-30-39-48-43(47)49-40-31-24-29-36-44(37-38-45)35-28-22-18-21-27-34-42(46)50-41(32-25-19-14-11-8-5-2)33-26-20-15-12-9-6-3/h16-17,41,45H,4-15,18-40H2,1-3H3/b17-16-. The number of aliphatic hydroxyl groups is 1. The van der Waals surface area contributed by atoms with Crippen molar-refractivity contribution in [3.05, 3.63) is 12.2 Å². The number of esters is 1. The first kappa shape index (κ1) is 48.4. The number of carbonyl (C=O) groups excluding carboxylic acids is 2. The highest BCUT2D eigenvalue weighted by atomic mass is 16.7. The number of rotatable bonds is 39. The lowest BCUT2D eigenvalue weighted by Crippen LogP contribution is -2.29. The van der Waals surface area contributed by atoms with Gasteiger partial charge in [0.25, 0.3) is 0 Å². The summed E-state index contributed by atoms with van der Waals surface area (Å²) in [5.41, 5.74) is 0. The molecule has 0 atom stereocenters. The number of nitrogens with zero attached hydrogens (tertiary/aromatic N) is 1. The first-order valence-electron chi connectivity index (χ1n) is 21.5. The first-order chi connectivity index (χ1) is 24.6. The maximum absolute atomic E-state index is 12.7. The van der Waals surface area contributed by atoms with Gasteiger partial charge in [-0.15, -0.1) is 0 Å². The lowest BCUT2D eigenvalue weighted by molar-refractivity contribution is -0.150. The SMILES string of the molecule is CCCCC/C=C\CCCOC(=O)OCCCCCN(CCO)CCCCCCCC(=O)OC(CCCCCCCC)CCCCCCCC. The van der Waals surface area contributed by atoms with Crippen LogP contribution < -0.4 is 0 Å². The van der Waals surface area contributed by atoms with Crippen LogP contribution in [0.3, 0.4) is 0 Å². The Morgan fingerprint density at radius 3 is 1.58 bits per heavy atom. The highest BCUT2D eigenvalue weighted by Gasteiger charge is 2.14. The Morgan fingerprint density at radius 1 is 0.540 bits per heavy atom. The zero-order valence-corrected chi connectivity index (χ0v) is 33.4. The van der Waals surface area contributed by atoms with Crippen molar-refractivity contribution in [2.24, 2.45) is 0 Å². The van der Waals surface area contributed by atoms with E-state index < -0.39 is 6.16 Å². The molecule has 0 aliphatic rings. The molecule has 0 bridgehead atoms. The monoisotopic (exact) mass is 710 g/mol. The Hall–Kier alpha value is -1.60. The Morgan fingerprint density at radius 2 is 1.00 bits per heavy atom. The van der Waals surface area contributed by atoms with E-state index in [-0.39, 0.29) is 18.7 Å². The third-order valence-electron chi connectivity index (χ3n) is 9.54. The summed E-state index contributed by atoms with van der Waals surface area (Å²) in [6.45, 7) is 10.3. The molecule has 0 heterocycles. The fraction of sp³-hybridized carbons (Fsp3) is 0.907. The van der Waals surface area contributed by atoms with Crippen molar-refractivity contribution >= 4 is 12.1 Å². The summed E-state index contributed by atoms with van der Waals surface area (Å²) in [4.78, 5) is 26.8. The van der Waals surface area contributed by atoms with Crippen LogP contribution in [0.5, 0.6) is 0 Å². The van der Waals surface area contributed by atoms with Gasteiger partial charge in [0.1, 0.15) is 6.10 Å². The van der Waals surface area contributed by atoms with Crippen LogP contribution in [0, 0.1) is 0 Å². The molecule has 0 aromatic carbocycles. The fourth-order valence-electron chi connectivity index (χ4n) is 6.34. The van der Waals surface area contributed by atoms with Crippen LogP contribution in [0.15, 0.2) is 12.2 Å². The van der Waals surface area contributed by atoms with Gasteiger partial charge in [-0.05, 0) is 96.6 Å². The van der Waals surface area contributed by atoms with Gasteiger partial charge in [-0.25, -0.2) is 4.79 Å². The highest BCUT2D eigenvalue weighted by Crippen LogP contribution is 2.18. The first-order valence-corrected chi connectivity index (χ1v) is 21.5. The number of hydrogen-bond acceptors (Lipinski definition) is 7. The molecule has 0 fully saturated rings. The molecular weight excluding hydrogens is 626 g/mol. The van der Waals surface area contributed by atoms with E-state index in [0.29, 0.717) is 26.2 Å². The average molecular weight is 710 g/mol. The molecule has 296 valence electrons. The lowest BCUT2D eigenvalue weighted by atomic mass is 10.0. The van der Waals surface area contributed by atoms with Crippen molar-refractivity contribution in [2.75, 3.05) is 39.5 Å². The minimum atomic E-state index is -0.563. The number of hydrogen-bond donors (Lipinski definition) is 1. The van der Waals surface area contributed by atoms with Crippen LogP contribution in [0.2, 0.25) is 0 Å². The summed E-state index contributed by atoms with van der Waals surface area (Å²) in [7, 11) is 0. The summed E-state index contributed by atoms with van der Waals surface area (Å²) in [6, 6.07) is 0. The normalized spacial score (nSPS) is 11.6. The van der Waals surface area contributed by atoms with Crippen LogP contribution in [-0.4, -0.2) is 67.7 Å². The molecular formula is C43H83NO6. The van der Waals surface area contributed by atoms with Crippen LogP contribution in [0.25, 0.3) is 0 Å². The third kappa shape index (κ3) is 36.2. The van der Waals surface area contributed by atoms with E-state index in [1.54, 1.807) is 0 Å². The van der Waals surface area contributed by atoms with Gasteiger partial charge in [-0.3, -0.25) is 4.79 Å². The van der Waals surface area contributed by atoms with Crippen LogP contribution in [-0.2, 0) is 19.0 Å². The van der Waals surface area contributed by atoms with E-state index in [1.165, 1.54) is 96.3 Å². The molecule has 0 aromatic rings. The molecule has 0 aliphatic heterocycles. The number of ether oxygens (including phenoxy) is 3. The van der Waals surface area contributed by atoms with Gasteiger partial charge in [-0.2, -0.15) is 0 Å². The van der Waals surface area contributed by atoms with Gasteiger partial charge < -0.3 is 24.2 Å². The third-order valence-corrected chi connectivity index (χ3v) is 9.54. The molecule has 0 unspecified atom stereocenters. The summed E-state index contributed by atoms with van der Waals surface area (Å²) in [6.07, 6.45) is 36.7. The van der Waals surface area contributed by atoms with Crippen molar-refractivity contribution in [3.8, 4) is 0 Å². The van der Waals surface area contributed by atoms with Crippen molar-refractivity contribution in [2.45, 2.75) is 213 Å². The molecule has 0 rings (SSSR count). The average Bonchev–Trinajstić information content (AvgIpc) is 3.11. The van der Waals surface area contributed by atoms with Gasteiger partial charge in [0.05, 0.1) is 19.8 Å². The number of unbranched alkanes of at least 4 members (excludes halogenated alkanes) is 20. The highest BCUT2D eigenvalue weighted by molar-refractivity contribution is 5.69. The molecule has 0 spiro atoms. The molecule has 50 heavy (non-hydrogen) atoms. The Bertz CT molecular complexity index is 729. The second-order valence-electron chi connectivity index (χ2n) is 14.4. The number of allylic oxidation sites excluding steroid dienone is 2. The molecule has 1 N–H and O–H groups in total. The maximum atomic E-state index is 12.7. The molecule has 7 nitrogen and oxygen atoms in total. The van der Waals surface area contributed by atoms with Crippen LogP contribution in [0.4, 0.5) is 4.79 Å². The van der Waals surface area contributed by atoms with Crippen molar-refractivity contribution in [3.63, 3.8) is 0 Å². The molecule has 0 amide bonds. The minimum Gasteiger partial charge on any atom is -0.462 e. The van der Waals surface area contributed by atoms with Gasteiger partial charge in [0.15, 0.2) is 0 Å². The Kier molecular flexibility index (Phi) is 38.9. The summed E-state index contributed by atoms with van der Waals surface area (Å²) in [5, 5.41) is 9.51. The predicted molar refractivity (Wildman–Crippen MR) is 211 cm³/mol. The van der Waals surface area contributed by atoms with E-state index in [0.717, 1.165) is 96.6 Å². The molecule has 0 saturated carbocycles. The van der Waals surface area contributed by atoms with E-state index in [4.69, 9.17) is 14.2 Å². The zero-order chi connectivity index (χ0) is 36.6. The second-order valence-corrected chi connectivity index (χ2v) is 14.4. The quantitative estimate of drug-likeness (QED) is 0.0386. The minimum absolute atomic E-state index is 0.000147. The second kappa shape index (κ2) is 40.2. The van der Waals surface area contributed by atoms with Crippen LogP contribution >= 0.6 is 0 Å². The molecule has 0 aromatic heterocycles. The van der Waals surface area contributed by atoms with Gasteiger partial charge >= 0.3 is 12.1 Å². The molecule has 0 aliphatic carbocycles. The predicted octanol–water partition coefficient (Wildman–Crippen LogP) is 12.3. The van der Waals surface area contributed by atoms with Crippen LogP contribution in [0.1, 0.15) is 207 Å². The van der Waals surface area contributed by atoms with E-state index in [1.807, 2.05) is 0 Å².